The van der Waals surface area contributed by atoms with Crippen molar-refractivity contribution >= 4 is 12.1 Å². The van der Waals surface area contributed by atoms with E-state index in [1.54, 1.807) is 20.8 Å². The Kier molecular flexibility index (Phi) is 4.82. The third-order valence-corrected chi connectivity index (χ3v) is 3.82. The summed E-state index contributed by atoms with van der Waals surface area (Å²) in [7, 11) is 0. The van der Waals surface area contributed by atoms with Crippen LogP contribution in [0.25, 0.3) is 0 Å². The van der Waals surface area contributed by atoms with Gasteiger partial charge in [-0.05, 0) is 40.0 Å². The Bertz CT molecular complexity index is 340. The Morgan fingerprint density at radius 2 is 1.84 bits per heavy atom. The number of carboxylic acids is 1. The number of carbonyl (C=O) groups excluding carboxylic acids is 1. The molecule has 0 radical (unpaired) electrons. The number of hydrogen-bond acceptors (Lipinski definition) is 3. The molecule has 1 aliphatic carbocycles. The number of alkyl carbamates (subject to hydrolysis) is 1. The molecule has 0 saturated heterocycles. The summed E-state index contributed by atoms with van der Waals surface area (Å²) in [5, 5.41) is 12.0. The van der Waals surface area contributed by atoms with Crippen LogP contribution in [-0.2, 0) is 9.53 Å². The summed E-state index contributed by atoms with van der Waals surface area (Å²) in [5.74, 6) is -0.977. The highest BCUT2D eigenvalue weighted by Gasteiger charge is 2.45. The number of rotatable bonds is 4. The molecule has 0 aromatic rings. The van der Waals surface area contributed by atoms with Crippen molar-refractivity contribution < 1.29 is 19.4 Å². The zero-order valence-electron chi connectivity index (χ0n) is 12.3. The first kappa shape index (κ1) is 15.8. The maximum Gasteiger partial charge on any atom is 0.408 e. The molecule has 5 heteroatoms. The summed E-state index contributed by atoms with van der Waals surface area (Å²) >= 11 is 0. The molecule has 1 aliphatic rings. The molecule has 2 N–H and O–H groups in total. The van der Waals surface area contributed by atoms with Gasteiger partial charge in [-0.2, -0.15) is 0 Å². The molecular weight excluding hydrogens is 246 g/mol. The second-order valence-electron chi connectivity index (χ2n) is 6.34. The predicted octanol–water partition coefficient (Wildman–Crippen LogP) is 2.93. The highest BCUT2D eigenvalue weighted by Crippen LogP contribution is 2.44. The zero-order valence-corrected chi connectivity index (χ0v) is 12.3. The van der Waals surface area contributed by atoms with Crippen LogP contribution in [-0.4, -0.2) is 28.8 Å². The summed E-state index contributed by atoms with van der Waals surface area (Å²) in [6, 6.07) is -0.866. The molecule has 0 aromatic carbocycles. The van der Waals surface area contributed by atoms with E-state index < -0.39 is 23.7 Å². The lowest BCUT2D eigenvalue weighted by atomic mass is 9.76. The lowest BCUT2D eigenvalue weighted by Crippen LogP contribution is -2.52. The van der Waals surface area contributed by atoms with Crippen LogP contribution in [0.15, 0.2) is 0 Å². The molecule has 1 rings (SSSR count). The molecule has 19 heavy (non-hydrogen) atoms. The molecule has 0 aromatic heterocycles. The lowest BCUT2D eigenvalue weighted by Gasteiger charge is -2.34. The fourth-order valence-corrected chi connectivity index (χ4v) is 2.83. The van der Waals surface area contributed by atoms with Crippen LogP contribution >= 0.6 is 0 Å². The number of carboxylic acid groups (broad SMARTS) is 1. The van der Waals surface area contributed by atoms with Crippen LogP contribution in [0.4, 0.5) is 4.79 Å². The van der Waals surface area contributed by atoms with Gasteiger partial charge in [-0.25, -0.2) is 9.59 Å². The van der Waals surface area contributed by atoms with Crippen LogP contribution in [0, 0.1) is 5.41 Å². The number of nitrogens with one attached hydrogen (secondary N) is 1. The summed E-state index contributed by atoms with van der Waals surface area (Å²) in [6.07, 6.45) is 3.83. The van der Waals surface area contributed by atoms with Gasteiger partial charge >= 0.3 is 12.1 Å². The van der Waals surface area contributed by atoms with Gasteiger partial charge in [0.1, 0.15) is 11.6 Å². The summed E-state index contributed by atoms with van der Waals surface area (Å²) in [6.45, 7) is 7.26. The van der Waals surface area contributed by atoms with Crippen LogP contribution in [0.5, 0.6) is 0 Å². The molecule has 1 atom stereocenters. The summed E-state index contributed by atoms with van der Waals surface area (Å²) < 4.78 is 5.15. The average Bonchev–Trinajstić information content (AvgIpc) is 2.72. The van der Waals surface area contributed by atoms with Crippen LogP contribution in [0.2, 0.25) is 0 Å². The van der Waals surface area contributed by atoms with E-state index >= 15 is 0 Å². The molecule has 0 aliphatic heterocycles. The van der Waals surface area contributed by atoms with E-state index in [0.29, 0.717) is 0 Å². The molecule has 110 valence electrons. The quantitative estimate of drug-likeness (QED) is 0.824. The van der Waals surface area contributed by atoms with Gasteiger partial charge in [0.05, 0.1) is 0 Å². The van der Waals surface area contributed by atoms with Crippen molar-refractivity contribution in [2.45, 2.75) is 71.4 Å². The Balaban J connectivity index is 2.78. The number of hydrogen-bond donors (Lipinski definition) is 2. The average molecular weight is 271 g/mol. The van der Waals surface area contributed by atoms with Crippen molar-refractivity contribution in [3.05, 3.63) is 0 Å². The number of carbonyl (C=O) groups is 2. The Hall–Kier alpha value is -1.26. The van der Waals surface area contributed by atoms with E-state index in [0.717, 1.165) is 32.1 Å². The first-order valence-corrected chi connectivity index (χ1v) is 6.92. The fraction of sp³-hybridized carbons (Fsp3) is 0.857. The normalized spacial score (nSPS) is 19.8. The van der Waals surface area contributed by atoms with Gasteiger partial charge in [0.2, 0.25) is 0 Å². The van der Waals surface area contributed by atoms with E-state index in [1.165, 1.54) is 0 Å². The van der Waals surface area contributed by atoms with Crippen molar-refractivity contribution in [2.24, 2.45) is 5.41 Å². The minimum Gasteiger partial charge on any atom is -0.480 e. The standard InChI is InChI=1S/C14H25NO4/c1-5-14(8-6-7-9-14)10(11(16)17)15-12(18)19-13(2,3)4/h10H,5-9H2,1-4H3,(H,15,18)(H,16,17). The van der Waals surface area contributed by atoms with Gasteiger partial charge in [0, 0.05) is 5.41 Å². The topological polar surface area (TPSA) is 75.6 Å². The SMILES string of the molecule is CCC1(C(NC(=O)OC(C)(C)C)C(=O)O)CCCC1. The van der Waals surface area contributed by atoms with Crippen LogP contribution in [0.1, 0.15) is 59.8 Å². The highest BCUT2D eigenvalue weighted by atomic mass is 16.6. The van der Waals surface area contributed by atoms with Crippen LogP contribution < -0.4 is 5.32 Å². The lowest BCUT2D eigenvalue weighted by molar-refractivity contribution is -0.143. The molecule has 1 unspecified atom stereocenters. The van der Waals surface area contributed by atoms with Gasteiger partial charge in [0.25, 0.3) is 0 Å². The predicted molar refractivity (Wildman–Crippen MR) is 72.0 cm³/mol. The number of aliphatic carboxylic acids is 1. The summed E-state index contributed by atoms with van der Waals surface area (Å²) in [5.41, 5.74) is -0.953. The Morgan fingerprint density at radius 3 is 2.21 bits per heavy atom. The van der Waals surface area contributed by atoms with Gasteiger partial charge in [-0.1, -0.05) is 19.8 Å². The highest BCUT2D eigenvalue weighted by molar-refractivity contribution is 5.81. The van der Waals surface area contributed by atoms with Crippen molar-refractivity contribution in [1.82, 2.24) is 5.32 Å². The second kappa shape index (κ2) is 5.80. The van der Waals surface area contributed by atoms with Gasteiger partial charge in [-0.3, -0.25) is 0 Å². The number of amides is 1. The van der Waals surface area contributed by atoms with E-state index in [4.69, 9.17) is 4.74 Å². The molecule has 1 fully saturated rings. The van der Waals surface area contributed by atoms with Crippen molar-refractivity contribution in [3.8, 4) is 0 Å². The van der Waals surface area contributed by atoms with Gasteiger partial charge in [0.15, 0.2) is 0 Å². The minimum atomic E-state index is -0.977. The van der Waals surface area contributed by atoms with E-state index in [2.05, 4.69) is 5.32 Å². The largest absolute Gasteiger partial charge is 0.480 e. The Morgan fingerprint density at radius 1 is 1.32 bits per heavy atom. The van der Waals surface area contributed by atoms with Crippen LogP contribution in [0.3, 0.4) is 0 Å². The smallest absolute Gasteiger partial charge is 0.408 e. The third-order valence-electron chi connectivity index (χ3n) is 3.82. The minimum absolute atomic E-state index is 0.331. The third kappa shape index (κ3) is 4.11. The van der Waals surface area contributed by atoms with Crippen molar-refractivity contribution in [3.63, 3.8) is 0 Å². The first-order valence-electron chi connectivity index (χ1n) is 6.92. The maximum atomic E-state index is 11.8. The molecule has 0 spiro atoms. The molecular formula is C14H25NO4. The van der Waals surface area contributed by atoms with Crippen molar-refractivity contribution in [2.75, 3.05) is 0 Å². The van der Waals surface area contributed by atoms with Gasteiger partial charge in [-0.15, -0.1) is 0 Å². The van der Waals surface area contributed by atoms with E-state index in [-0.39, 0.29) is 5.41 Å². The summed E-state index contributed by atoms with van der Waals surface area (Å²) in [4.78, 5) is 23.3. The maximum absolute atomic E-state index is 11.8. The molecule has 0 bridgehead atoms. The molecule has 5 nitrogen and oxygen atoms in total. The van der Waals surface area contributed by atoms with E-state index in [1.807, 2.05) is 6.92 Å². The van der Waals surface area contributed by atoms with Crippen molar-refractivity contribution in [1.29, 1.82) is 0 Å². The zero-order chi connectivity index (χ0) is 14.7. The Labute approximate surface area is 114 Å². The molecule has 1 saturated carbocycles. The molecule has 1 amide bonds. The second-order valence-corrected chi connectivity index (χ2v) is 6.34. The monoisotopic (exact) mass is 271 g/mol. The number of ether oxygens (including phenoxy) is 1. The fourth-order valence-electron chi connectivity index (χ4n) is 2.83. The van der Waals surface area contributed by atoms with E-state index in [9.17, 15) is 14.7 Å². The van der Waals surface area contributed by atoms with Gasteiger partial charge < -0.3 is 15.2 Å². The first-order chi connectivity index (χ1) is 8.70. The molecule has 0 heterocycles.